The minimum absolute atomic E-state index is 0.0353. The summed E-state index contributed by atoms with van der Waals surface area (Å²) < 4.78 is 19.3. The molecule has 0 spiro atoms. The molecule has 0 radical (unpaired) electrons. The second-order valence-electron chi connectivity index (χ2n) is 7.65. The summed E-state index contributed by atoms with van der Waals surface area (Å²) in [6.45, 7) is 8.47. The van der Waals surface area contributed by atoms with Gasteiger partial charge in [0.25, 0.3) is 0 Å². The van der Waals surface area contributed by atoms with Crippen LogP contribution >= 0.6 is 0 Å². The van der Waals surface area contributed by atoms with Crippen molar-refractivity contribution < 1.29 is 13.9 Å². The normalized spacial score (nSPS) is 25.0. The Morgan fingerprint density at radius 2 is 2.04 bits per heavy atom. The van der Waals surface area contributed by atoms with Crippen molar-refractivity contribution in [2.75, 3.05) is 32.8 Å². The number of amides is 1. The van der Waals surface area contributed by atoms with E-state index in [0.29, 0.717) is 24.1 Å². The number of morpholine rings is 1. The smallest absolute Gasteiger partial charge is 0.223 e. The summed E-state index contributed by atoms with van der Waals surface area (Å²) in [5.74, 6) is 0.398. The summed E-state index contributed by atoms with van der Waals surface area (Å²) in [5, 5.41) is 3.12. The molecule has 5 heteroatoms. The summed E-state index contributed by atoms with van der Waals surface area (Å²) >= 11 is 0. The Balaban J connectivity index is 1.52. The Kier molecular flexibility index (Phi) is 6.07. The topological polar surface area (TPSA) is 41.6 Å². The molecule has 2 fully saturated rings. The summed E-state index contributed by atoms with van der Waals surface area (Å²) in [4.78, 5) is 14.9. The van der Waals surface area contributed by atoms with Gasteiger partial charge in [-0.25, -0.2) is 4.39 Å². The SMILES string of the molecule is CC(C)CC(CNC(=O)C1CC1c1ccccc1F)N1CCOCC1. The van der Waals surface area contributed by atoms with Crippen LogP contribution in [0.15, 0.2) is 24.3 Å². The van der Waals surface area contributed by atoms with Crippen LogP contribution in [0.4, 0.5) is 4.39 Å². The molecular weight excluding hydrogens is 319 g/mol. The number of benzene rings is 1. The highest BCUT2D eigenvalue weighted by Crippen LogP contribution is 2.48. The number of rotatable bonds is 7. The van der Waals surface area contributed by atoms with Crippen LogP contribution in [0.5, 0.6) is 0 Å². The van der Waals surface area contributed by atoms with Crippen molar-refractivity contribution in [2.24, 2.45) is 11.8 Å². The fourth-order valence-corrected chi connectivity index (χ4v) is 3.80. The second kappa shape index (κ2) is 8.28. The molecule has 3 atom stereocenters. The highest BCUT2D eigenvalue weighted by atomic mass is 19.1. The fraction of sp³-hybridized carbons (Fsp3) is 0.650. The number of ether oxygens (including phenoxy) is 1. The van der Waals surface area contributed by atoms with Gasteiger partial charge in [-0.05, 0) is 36.3 Å². The maximum absolute atomic E-state index is 13.9. The third kappa shape index (κ3) is 4.79. The molecule has 1 heterocycles. The van der Waals surface area contributed by atoms with E-state index in [2.05, 4.69) is 24.1 Å². The molecule has 2 aliphatic rings. The average Bonchev–Trinajstić information content (AvgIpc) is 3.40. The quantitative estimate of drug-likeness (QED) is 0.824. The first-order chi connectivity index (χ1) is 12.1. The molecule has 1 saturated carbocycles. The van der Waals surface area contributed by atoms with Crippen molar-refractivity contribution in [1.82, 2.24) is 10.2 Å². The standard InChI is InChI=1S/C20H29FN2O2/c1-14(2)11-15(23-7-9-25-10-8-23)13-22-20(24)18-12-17(18)16-5-3-4-6-19(16)21/h3-6,14-15,17-18H,7-13H2,1-2H3,(H,22,24). The zero-order valence-corrected chi connectivity index (χ0v) is 15.2. The minimum atomic E-state index is -0.200. The van der Waals surface area contributed by atoms with Gasteiger partial charge in [-0.3, -0.25) is 9.69 Å². The molecule has 4 nitrogen and oxygen atoms in total. The molecule has 1 N–H and O–H groups in total. The van der Waals surface area contributed by atoms with E-state index in [1.807, 2.05) is 6.07 Å². The summed E-state index contributed by atoms with van der Waals surface area (Å²) in [6.07, 6.45) is 1.81. The number of halogens is 1. The first-order valence-corrected chi connectivity index (χ1v) is 9.40. The number of carbonyl (C=O) groups is 1. The van der Waals surface area contributed by atoms with Crippen molar-refractivity contribution in [1.29, 1.82) is 0 Å². The van der Waals surface area contributed by atoms with Crippen molar-refractivity contribution in [3.05, 3.63) is 35.6 Å². The second-order valence-corrected chi connectivity index (χ2v) is 7.65. The number of nitrogens with one attached hydrogen (secondary N) is 1. The van der Waals surface area contributed by atoms with E-state index in [1.54, 1.807) is 12.1 Å². The Hall–Kier alpha value is -1.46. The lowest BCUT2D eigenvalue weighted by atomic mass is 10.0. The van der Waals surface area contributed by atoms with Crippen LogP contribution in [-0.4, -0.2) is 49.7 Å². The maximum Gasteiger partial charge on any atom is 0.223 e. The van der Waals surface area contributed by atoms with Gasteiger partial charge in [-0.1, -0.05) is 32.0 Å². The lowest BCUT2D eigenvalue weighted by Gasteiger charge is -2.35. The first kappa shape index (κ1) is 18.3. The number of nitrogens with zero attached hydrogens (tertiary/aromatic N) is 1. The molecule has 1 aliphatic heterocycles. The molecule has 1 aliphatic carbocycles. The first-order valence-electron chi connectivity index (χ1n) is 9.40. The highest BCUT2D eigenvalue weighted by molar-refractivity contribution is 5.82. The van der Waals surface area contributed by atoms with Crippen LogP contribution in [0.3, 0.4) is 0 Å². The predicted molar refractivity (Wildman–Crippen MR) is 95.9 cm³/mol. The molecule has 1 amide bonds. The molecule has 1 aromatic rings. The van der Waals surface area contributed by atoms with Crippen LogP contribution in [0.1, 0.15) is 38.2 Å². The third-order valence-corrected chi connectivity index (χ3v) is 5.25. The van der Waals surface area contributed by atoms with Gasteiger partial charge in [-0.15, -0.1) is 0 Å². The Morgan fingerprint density at radius 3 is 2.72 bits per heavy atom. The number of hydrogen-bond donors (Lipinski definition) is 1. The average molecular weight is 348 g/mol. The van der Waals surface area contributed by atoms with Crippen molar-refractivity contribution in [2.45, 2.75) is 38.6 Å². The lowest BCUT2D eigenvalue weighted by Crippen LogP contribution is -2.49. The van der Waals surface area contributed by atoms with Gasteiger partial charge in [-0.2, -0.15) is 0 Å². The van der Waals surface area contributed by atoms with Crippen molar-refractivity contribution in [3.8, 4) is 0 Å². The van der Waals surface area contributed by atoms with E-state index in [-0.39, 0.29) is 23.6 Å². The van der Waals surface area contributed by atoms with Crippen LogP contribution in [0, 0.1) is 17.7 Å². The molecule has 138 valence electrons. The Bertz CT molecular complexity index is 587. The van der Waals surface area contributed by atoms with Crippen LogP contribution in [-0.2, 0) is 9.53 Å². The van der Waals surface area contributed by atoms with Gasteiger partial charge < -0.3 is 10.1 Å². The van der Waals surface area contributed by atoms with Gasteiger partial charge in [0.1, 0.15) is 5.82 Å². The van der Waals surface area contributed by atoms with Gasteiger partial charge in [0.2, 0.25) is 5.91 Å². The minimum Gasteiger partial charge on any atom is -0.379 e. The maximum atomic E-state index is 13.9. The molecule has 25 heavy (non-hydrogen) atoms. The third-order valence-electron chi connectivity index (χ3n) is 5.25. The molecule has 3 unspecified atom stereocenters. The molecule has 0 bridgehead atoms. The van der Waals surface area contributed by atoms with E-state index in [0.717, 1.165) is 39.1 Å². The van der Waals surface area contributed by atoms with Gasteiger partial charge >= 0.3 is 0 Å². The van der Waals surface area contributed by atoms with E-state index in [9.17, 15) is 9.18 Å². The van der Waals surface area contributed by atoms with Gasteiger partial charge in [0.15, 0.2) is 0 Å². The van der Waals surface area contributed by atoms with Crippen molar-refractivity contribution in [3.63, 3.8) is 0 Å². The zero-order valence-electron chi connectivity index (χ0n) is 15.2. The molecule has 1 aromatic carbocycles. The number of carbonyl (C=O) groups excluding carboxylic acids is 1. The van der Waals surface area contributed by atoms with Gasteiger partial charge in [0.05, 0.1) is 13.2 Å². The summed E-state index contributed by atoms with van der Waals surface area (Å²) in [7, 11) is 0. The van der Waals surface area contributed by atoms with Crippen LogP contribution in [0.2, 0.25) is 0 Å². The fourth-order valence-electron chi connectivity index (χ4n) is 3.80. The largest absolute Gasteiger partial charge is 0.379 e. The van der Waals surface area contributed by atoms with E-state index >= 15 is 0 Å². The zero-order chi connectivity index (χ0) is 17.8. The van der Waals surface area contributed by atoms with E-state index in [4.69, 9.17) is 4.74 Å². The highest BCUT2D eigenvalue weighted by Gasteiger charge is 2.45. The van der Waals surface area contributed by atoms with Crippen molar-refractivity contribution >= 4 is 5.91 Å². The molecule has 0 aromatic heterocycles. The Labute approximate surface area is 149 Å². The molecule has 3 rings (SSSR count). The Morgan fingerprint density at radius 1 is 1.32 bits per heavy atom. The molecule has 1 saturated heterocycles. The predicted octanol–water partition coefficient (Wildman–Crippen LogP) is 2.79. The molecular formula is C20H29FN2O2. The monoisotopic (exact) mass is 348 g/mol. The lowest BCUT2D eigenvalue weighted by molar-refractivity contribution is -0.122. The van der Waals surface area contributed by atoms with E-state index < -0.39 is 0 Å². The summed E-state index contributed by atoms with van der Waals surface area (Å²) in [5.41, 5.74) is 0.676. The van der Waals surface area contributed by atoms with Crippen LogP contribution in [0.25, 0.3) is 0 Å². The van der Waals surface area contributed by atoms with Crippen LogP contribution < -0.4 is 5.32 Å². The van der Waals surface area contributed by atoms with Gasteiger partial charge in [0, 0.05) is 31.6 Å². The van der Waals surface area contributed by atoms with E-state index in [1.165, 1.54) is 6.07 Å². The summed E-state index contributed by atoms with van der Waals surface area (Å²) in [6, 6.07) is 7.14. The number of hydrogen-bond acceptors (Lipinski definition) is 3.